The van der Waals surface area contributed by atoms with Crippen molar-refractivity contribution in [1.82, 2.24) is 0 Å². The van der Waals surface area contributed by atoms with Crippen molar-refractivity contribution in [3.8, 4) is 0 Å². The van der Waals surface area contributed by atoms with Crippen molar-refractivity contribution < 1.29 is 43.6 Å². The second kappa shape index (κ2) is 187. The Balaban J connectivity index is 0. The molecule has 0 saturated carbocycles. The Labute approximate surface area is 44.3 Å². The van der Waals surface area contributed by atoms with E-state index in [0.717, 1.165) is 0 Å². The number of rotatable bonds is 0. The van der Waals surface area contributed by atoms with Gasteiger partial charge in [-0.15, -0.1) is 0 Å². The molecule has 0 aromatic heterocycles. The summed E-state index contributed by atoms with van der Waals surface area (Å²) in [5, 5.41) is 0. The zero-order chi connectivity index (χ0) is 0. The Morgan fingerprint density at radius 3 is 0.600 bits per heavy atom. The summed E-state index contributed by atoms with van der Waals surface area (Å²) in [5.41, 5.74) is 0. The third-order valence-electron chi connectivity index (χ3n) is 0. The van der Waals surface area contributed by atoms with E-state index in [2.05, 4.69) is 0 Å². The molecule has 0 unspecified atom stereocenters. The van der Waals surface area contributed by atoms with Crippen molar-refractivity contribution in [2.45, 2.75) is 0 Å². The van der Waals surface area contributed by atoms with Crippen LogP contribution in [0.3, 0.4) is 0 Å². The summed E-state index contributed by atoms with van der Waals surface area (Å²) in [6.07, 6.45) is 0. The van der Waals surface area contributed by atoms with Crippen molar-refractivity contribution in [2.75, 3.05) is 0 Å². The zero-order valence-corrected chi connectivity index (χ0v) is 3.79. The van der Waals surface area contributed by atoms with E-state index in [-0.39, 0.29) is 43.6 Å². The molecular weight excluding hydrogens is 112 g/mol. The minimum atomic E-state index is 0. The minimum absolute atomic E-state index is 0. The van der Waals surface area contributed by atoms with Crippen LogP contribution in [0.2, 0.25) is 0 Å². The molecule has 4 nitrogen and oxygen atoms in total. The number of hydrogen-bond acceptors (Lipinski definition) is 0. The molecule has 0 radical (unpaired) electrons. The number of hydrogen-bond donors (Lipinski definition) is 0. The van der Waals surface area contributed by atoms with Gasteiger partial charge in [-0.2, -0.15) is 0 Å². The molecule has 0 amide bonds. The van der Waals surface area contributed by atoms with Crippen LogP contribution in [0.5, 0.6) is 0 Å². The van der Waals surface area contributed by atoms with Crippen molar-refractivity contribution in [3.05, 3.63) is 0 Å². The maximum atomic E-state index is 0. The molecule has 0 atom stereocenters. The third-order valence-corrected chi connectivity index (χ3v) is 0. The minimum Gasteiger partial charge on any atom is -2.00 e. The van der Waals surface area contributed by atoms with Gasteiger partial charge in [0.1, 0.15) is 0 Å². The molecule has 0 bridgehead atoms. The van der Waals surface area contributed by atoms with Gasteiger partial charge in [0.2, 0.25) is 0 Å². The van der Waals surface area contributed by atoms with Crippen LogP contribution >= 0.6 is 0 Å². The van der Waals surface area contributed by atoms with Crippen molar-refractivity contribution in [3.63, 3.8) is 0 Å². The van der Waals surface area contributed by atoms with Crippen LogP contribution < -0.4 is 0 Å². The molecule has 0 heterocycles. The van der Waals surface area contributed by atoms with Gasteiger partial charge in [0.15, 0.2) is 0 Å². The predicted molar refractivity (Wildman–Crippen MR) is 5.67 cm³/mol. The van der Waals surface area contributed by atoms with Gasteiger partial charge in [0.05, 0.1) is 0 Å². The molecule has 0 aromatic carbocycles. The average molecular weight is 114 g/mol. The maximum absolute atomic E-state index is 0. The van der Waals surface area contributed by atoms with E-state index in [1.54, 1.807) is 0 Å². The second-order valence-corrected chi connectivity index (χ2v) is 0. The van der Waals surface area contributed by atoms with Crippen LogP contribution in [0, 0.1) is 0 Å². The summed E-state index contributed by atoms with van der Waals surface area (Å²) < 4.78 is 0. The van der Waals surface area contributed by atoms with Crippen LogP contribution in [-0.2, 0) is 38.1 Å². The van der Waals surface area contributed by atoms with Gasteiger partial charge in [-0.1, -0.05) is 0 Å². The molecule has 2 N–H and O–H groups in total. The van der Waals surface area contributed by atoms with Crippen LogP contribution in [0.25, 0.3) is 0 Å². The Hall–Kier alpha value is 0.554. The predicted octanol–water partition coefficient (Wildman–Crippen LogP) is -1.18. The SMILES string of the molecule is O.[O-2].[O-2].[O-2].[Ti+4]. The van der Waals surface area contributed by atoms with E-state index in [0.29, 0.717) is 0 Å². The van der Waals surface area contributed by atoms with E-state index in [4.69, 9.17) is 0 Å². The van der Waals surface area contributed by atoms with Crippen molar-refractivity contribution in [1.29, 1.82) is 0 Å². The second-order valence-electron chi connectivity index (χ2n) is 0. The summed E-state index contributed by atoms with van der Waals surface area (Å²) >= 11 is 0. The van der Waals surface area contributed by atoms with Gasteiger partial charge in [0, 0.05) is 0 Å². The fourth-order valence-corrected chi connectivity index (χ4v) is 0. The van der Waals surface area contributed by atoms with E-state index < -0.39 is 0 Å². The molecule has 0 aliphatic carbocycles. The molecule has 32 valence electrons. The van der Waals surface area contributed by atoms with Gasteiger partial charge in [0.25, 0.3) is 0 Å². The van der Waals surface area contributed by atoms with Gasteiger partial charge >= 0.3 is 21.7 Å². The van der Waals surface area contributed by atoms with E-state index in [9.17, 15) is 0 Å². The molecular formula is H2O4Ti-2. The molecule has 0 saturated heterocycles. The quantitative estimate of drug-likeness (QED) is 0.352. The molecule has 0 aliphatic heterocycles. The Bertz CT molecular complexity index is 3.61. The molecule has 0 fully saturated rings. The maximum Gasteiger partial charge on any atom is 4.00 e. The summed E-state index contributed by atoms with van der Waals surface area (Å²) in [4.78, 5) is 0. The summed E-state index contributed by atoms with van der Waals surface area (Å²) in [6, 6.07) is 0. The molecule has 0 spiro atoms. The first-order valence-electron chi connectivity index (χ1n) is 0. The third kappa shape index (κ3) is 96.7. The van der Waals surface area contributed by atoms with E-state index in [1.165, 1.54) is 0 Å². The largest absolute Gasteiger partial charge is 4.00 e. The smallest absolute Gasteiger partial charge is 2.00 e. The van der Waals surface area contributed by atoms with Crippen molar-refractivity contribution >= 4 is 0 Å². The fourth-order valence-electron chi connectivity index (χ4n) is 0. The standard InChI is InChI=1S/H2O.3O.Ti/h1H2;;;;/q;3*-2;+4. The van der Waals surface area contributed by atoms with Crippen molar-refractivity contribution in [2.24, 2.45) is 0 Å². The Morgan fingerprint density at radius 1 is 0.600 bits per heavy atom. The van der Waals surface area contributed by atoms with Crippen LogP contribution in [0.15, 0.2) is 0 Å². The molecule has 5 heteroatoms. The molecule has 0 rings (SSSR count). The first-order valence-corrected chi connectivity index (χ1v) is 0. The van der Waals surface area contributed by atoms with Crippen LogP contribution in [0.1, 0.15) is 0 Å². The van der Waals surface area contributed by atoms with Gasteiger partial charge < -0.3 is 21.9 Å². The summed E-state index contributed by atoms with van der Waals surface area (Å²) in [6.45, 7) is 0. The normalized spacial score (nSPS) is 0. The monoisotopic (exact) mass is 114 g/mol. The van der Waals surface area contributed by atoms with Gasteiger partial charge in [-0.05, 0) is 0 Å². The molecule has 5 heavy (non-hydrogen) atoms. The van der Waals surface area contributed by atoms with Crippen LogP contribution in [0.4, 0.5) is 0 Å². The topological polar surface area (TPSA) is 117 Å². The summed E-state index contributed by atoms with van der Waals surface area (Å²) in [7, 11) is 0. The molecule has 0 aliphatic rings. The zero-order valence-electron chi connectivity index (χ0n) is 2.22. The van der Waals surface area contributed by atoms with Gasteiger partial charge in [-0.25, -0.2) is 0 Å². The van der Waals surface area contributed by atoms with Gasteiger partial charge in [-0.3, -0.25) is 0 Å². The van der Waals surface area contributed by atoms with Crippen LogP contribution in [-0.4, -0.2) is 5.48 Å². The average Bonchev–Trinajstić information content (AvgIpc) is 0. The van der Waals surface area contributed by atoms with E-state index >= 15 is 0 Å². The first kappa shape index (κ1) is 375. The summed E-state index contributed by atoms with van der Waals surface area (Å²) in [5.74, 6) is 0. The fraction of sp³-hybridized carbons (Fsp3) is 0. The molecule has 0 aromatic rings. The Morgan fingerprint density at radius 2 is 0.600 bits per heavy atom. The Kier molecular flexibility index (Phi) is 14000. The van der Waals surface area contributed by atoms with E-state index in [1.807, 2.05) is 0 Å². The first-order chi connectivity index (χ1) is 0.